The van der Waals surface area contributed by atoms with E-state index in [2.05, 4.69) is 10.3 Å². The van der Waals surface area contributed by atoms with E-state index >= 15 is 0 Å². The zero-order valence-corrected chi connectivity index (χ0v) is 11.5. The number of aromatic hydroxyl groups is 1. The van der Waals surface area contributed by atoms with Gasteiger partial charge in [-0.25, -0.2) is 0 Å². The van der Waals surface area contributed by atoms with Crippen molar-refractivity contribution in [3.8, 4) is 5.75 Å². The predicted molar refractivity (Wildman–Crippen MR) is 71.8 cm³/mol. The Kier molecular flexibility index (Phi) is 4.74. The van der Waals surface area contributed by atoms with Crippen LogP contribution in [0.5, 0.6) is 5.75 Å². The number of hydrogen-bond donors (Lipinski definition) is 3. The topological polar surface area (TPSA) is 74.6 Å². The van der Waals surface area contributed by atoms with E-state index in [1.54, 1.807) is 20.2 Å². The lowest BCUT2D eigenvalue weighted by Gasteiger charge is -2.21. The number of aromatic nitrogens is 1. The van der Waals surface area contributed by atoms with Gasteiger partial charge in [-0.05, 0) is 26.2 Å². The second-order valence-corrected chi connectivity index (χ2v) is 5.05. The lowest BCUT2D eigenvalue weighted by molar-refractivity contribution is 0.0846. The molecule has 1 heterocycles. The Morgan fingerprint density at radius 2 is 2.26 bits per heavy atom. The standard InChI is InChI=1S/C14H22N2O3/c1-9-14(18)11(10(8-17)6-15-9)7-16-12-4-3-5-13(12)19-2/h6,12-13,16-18H,3-5,7-8H2,1-2H3. The second-order valence-electron chi connectivity index (χ2n) is 5.05. The van der Waals surface area contributed by atoms with E-state index in [4.69, 9.17) is 4.74 Å². The van der Waals surface area contributed by atoms with Crippen LogP contribution in [0.15, 0.2) is 6.20 Å². The van der Waals surface area contributed by atoms with Crippen LogP contribution >= 0.6 is 0 Å². The molecule has 2 unspecified atom stereocenters. The molecule has 1 aliphatic carbocycles. The molecule has 1 fully saturated rings. The van der Waals surface area contributed by atoms with Crippen LogP contribution in [0.3, 0.4) is 0 Å². The number of aliphatic hydroxyl groups is 1. The summed E-state index contributed by atoms with van der Waals surface area (Å²) in [5, 5.41) is 22.8. The quantitative estimate of drug-likeness (QED) is 0.748. The number of rotatable bonds is 5. The highest BCUT2D eigenvalue weighted by molar-refractivity contribution is 5.40. The van der Waals surface area contributed by atoms with Crippen molar-refractivity contribution in [1.82, 2.24) is 10.3 Å². The third-order valence-electron chi connectivity index (χ3n) is 3.90. The Bertz CT molecular complexity index is 437. The minimum absolute atomic E-state index is 0.115. The largest absolute Gasteiger partial charge is 0.506 e. The smallest absolute Gasteiger partial charge is 0.141 e. The molecule has 2 rings (SSSR count). The molecule has 0 radical (unpaired) electrons. The molecule has 1 aromatic heterocycles. The molecule has 5 heteroatoms. The van der Waals surface area contributed by atoms with Crippen molar-refractivity contribution >= 4 is 0 Å². The average Bonchev–Trinajstić information content (AvgIpc) is 2.87. The molecule has 1 aromatic rings. The van der Waals surface area contributed by atoms with Gasteiger partial charge in [0, 0.05) is 37.0 Å². The van der Waals surface area contributed by atoms with E-state index in [1.807, 2.05) is 0 Å². The second kappa shape index (κ2) is 6.32. The number of nitrogens with zero attached hydrogens (tertiary/aromatic N) is 1. The summed E-state index contributed by atoms with van der Waals surface area (Å²) in [6.45, 7) is 2.17. The van der Waals surface area contributed by atoms with E-state index in [0.29, 0.717) is 23.8 Å². The molecule has 0 aromatic carbocycles. The number of methoxy groups -OCH3 is 1. The lowest BCUT2D eigenvalue weighted by atomic mass is 10.1. The maximum atomic E-state index is 10.1. The van der Waals surface area contributed by atoms with Crippen molar-refractivity contribution in [2.75, 3.05) is 7.11 Å². The summed E-state index contributed by atoms with van der Waals surface area (Å²) in [4.78, 5) is 4.06. The summed E-state index contributed by atoms with van der Waals surface area (Å²) in [5.74, 6) is 0.172. The molecule has 5 nitrogen and oxygen atoms in total. The zero-order valence-electron chi connectivity index (χ0n) is 11.5. The fourth-order valence-electron chi connectivity index (χ4n) is 2.69. The Labute approximate surface area is 113 Å². The Hall–Kier alpha value is -1.17. The number of aryl methyl sites for hydroxylation is 1. The fraction of sp³-hybridized carbons (Fsp3) is 0.643. The van der Waals surface area contributed by atoms with Crippen molar-refractivity contribution in [3.63, 3.8) is 0 Å². The van der Waals surface area contributed by atoms with E-state index in [-0.39, 0.29) is 18.5 Å². The molecular formula is C14H22N2O3. The maximum absolute atomic E-state index is 10.1. The van der Waals surface area contributed by atoms with Gasteiger partial charge in [0.1, 0.15) is 5.75 Å². The number of ether oxygens (including phenoxy) is 1. The van der Waals surface area contributed by atoms with Gasteiger partial charge in [-0.3, -0.25) is 4.98 Å². The monoisotopic (exact) mass is 266 g/mol. The first-order valence-corrected chi connectivity index (χ1v) is 6.70. The molecule has 0 aliphatic heterocycles. The summed E-state index contributed by atoms with van der Waals surface area (Å²) < 4.78 is 5.44. The Morgan fingerprint density at radius 1 is 1.47 bits per heavy atom. The van der Waals surface area contributed by atoms with E-state index in [0.717, 1.165) is 24.8 Å². The van der Waals surface area contributed by atoms with Gasteiger partial charge in [0.05, 0.1) is 18.4 Å². The lowest BCUT2D eigenvalue weighted by Crippen LogP contribution is -2.36. The first-order chi connectivity index (χ1) is 9.17. The molecule has 0 saturated heterocycles. The molecular weight excluding hydrogens is 244 g/mol. The van der Waals surface area contributed by atoms with Gasteiger partial charge in [-0.1, -0.05) is 0 Å². The van der Waals surface area contributed by atoms with Gasteiger partial charge < -0.3 is 20.3 Å². The van der Waals surface area contributed by atoms with Crippen LogP contribution in [0.4, 0.5) is 0 Å². The number of pyridine rings is 1. The van der Waals surface area contributed by atoms with E-state index < -0.39 is 0 Å². The molecule has 1 aliphatic rings. The third kappa shape index (κ3) is 3.05. The molecule has 3 N–H and O–H groups in total. The summed E-state index contributed by atoms with van der Waals surface area (Å²) >= 11 is 0. The summed E-state index contributed by atoms with van der Waals surface area (Å²) in [6, 6.07) is 0.310. The highest BCUT2D eigenvalue weighted by Crippen LogP contribution is 2.26. The predicted octanol–water partition coefficient (Wildman–Crippen LogP) is 1.25. The van der Waals surface area contributed by atoms with Crippen molar-refractivity contribution in [1.29, 1.82) is 0 Å². The maximum Gasteiger partial charge on any atom is 0.141 e. The number of hydrogen-bond acceptors (Lipinski definition) is 5. The van der Waals surface area contributed by atoms with Crippen molar-refractivity contribution in [2.45, 2.75) is 51.5 Å². The van der Waals surface area contributed by atoms with Crippen LogP contribution in [-0.4, -0.2) is 34.5 Å². The molecule has 19 heavy (non-hydrogen) atoms. The fourth-order valence-corrected chi connectivity index (χ4v) is 2.69. The summed E-state index contributed by atoms with van der Waals surface area (Å²) in [7, 11) is 1.73. The van der Waals surface area contributed by atoms with Gasteiger partial charge in [-0.15, -0.1) is 0 Å². The van der Waals surface area contributed by atoms with E-state index in [9.17, 15) is 10.2 Å². The molecule has 0 bridgehead atoms. The van der Waals surface area contributed by atoms with Gasteiger partial charge in [-0.2, -0.15) is 0 Å². The minimum atomic E-state index is -0.115. The third-order valence-corrected chi connectivity index (χ3v) is 3.90. The number of nitrogens with one attached hydrogen (secondary N) is 1. The van der Waals surface area contributed by atoms with Crippen LogP contribution in [0.1, 0.15) is 36.1 Å². The highest BCUT2D eigenvalue weighted by atomic mass is 16.5. The van der Waals surface area contributed by atoms with Crippen LogP contribution in [0, 0.1) is 6.92 Å². The van der Waals surface area contributed by atoms with Crippen molar-refractivity contribution in [3.05, 3.63) is 23.0 Å². The SMILES string of the molecule is COC1CCCC1NCc1c(CO)cnc(C)c1O. The molecule has 0 spiro atoms. The molecule has 2 atom stereocenters. The normalized spacial score (nSPS) is 22.9. The number of aliphatic hydroxyl groups excluding tert-OH is 1. The zero-order chi connectivity index (χ0) is 13.8. The Morgan fingerprint density at radius 3 is 2.95 bits per heavy atom. The van der Waals surface area contributed by atoms with Crippen LogP contribution < -0.4 is 5.32 Å². The van der Waals surface area contributed by atoms with Crippen molar-refractivity contribution in [2.24, 2.45) is 0 Å². The minimum Gasteiger partial charge on any atom is -0.506 e. The van der Waals surface area contributed by atoms with Gasteiger partial charge in [0.15, 0.2) is 0 Å². The van der Waals surface area contributed by atoms with Crippen LogP contribution in [0.2, 0.25) is 0 Å². The Balaban J connectivity index is 2.08. The van der Waals surface area contributed by atoms with Gasteiger partial charge in [0.2, 0.25) is 0 Å². The van der Waals surface area contributed by atoms with Crippen LogP contribution in [-0.2, 0) is 17.9 Å². The molecule has 106 valence electrons. The summed E-state index contributed by atoms with van der Waals surface area (Å²) in [5.41, 5.74) is 1.99. The molecule has 0 amide bonds. The van der Waals surface area contributed by atoms with Crippen LogP contribution in [0.25, 0.3) is 0 Å². The average molecular weight is 266 g/mol. The highest BCUT2D eigenvalue weighted by Gasteiger charge is 2.27. The molecule has 1 saturated carbocycles. The van der Waals surface area contributed by atoms with Gasteiger partial charge >= 0.3 is 0 Å². The summed E-state index contributed by atoms with van der Waals surface area (Å²) in [6.07, 6.45) is 5.17. The first-order valence-electron chi connectivity index (χ1n) is 6.70. The van der Waals surface area contributed by atoms with Gasteiger partial charge in [0.25, 0.3) is 0 Å². The first kappa shape index (κ1) is 14.2. The van der Waals surface area contributed by atoms with Crippen molar-refractivity contribution < 1.29 is 14.9 Å². The van der Waals surface area contributed by atoms with E-state index in [1.165, 1.54) is 0 Å².